The topological polar surface area (TPSA) is 47.9 Å². The molecule has 0 unspecified atom stereocenters. The van der Waals surface area contributed by atoms with Gasteiger partial charge in [-0.1, -0.05) is 48.5 Å². The van der Waals surface area contributed by atoms with Crippen molar-refractivity contribution in [2.75, 3.05) is 13.2 Å². The van der Waals surface area contributed by atoms with Crippen LogP contribution in [0.3, 0.4) is 0 Å². The maximum absolute atomic E-state index is 13.5. The Morgan fingerprint density at radius 3 is 1.88 bits per heavy atom. The standard InChI is InChI=1S/C20H26NO3P/c1-5-23-25(22,24-6-2)20(3,4)19(17-13-9-7-10-14-17)21-18-15-11-8-12-16-18/h7-16H,5-6H2,1-4H3. The number of para-hydroxylation sites is 1. The molecule has 0 heterocycles. The molecule has 0 radical (unpaired) electrons. The van der Waals surface area contributed by atoms with Crippen LogP contribution in [0.5, 0.6) is 0 Å². The van der Waals surface area contributed by atoms with E-state index in [1.54, 1.807) is 0 Å². The molecule has 0 atom stereocenters. The van der Waals surface area contributed by atoms with E-state index < -0.39 is 12.8 Å². The molecule has 0 saturated heterocycles. The normalized spacial score (nSPS) is 13.0. The fourth-order valence-corrected chi connectivity index (χ4v) is 4.45. The first kappa shape index (κ1) is 19.6. The zero-order valence-electron chi connectivity index (χ0n) is 15.3. The van der Waals surface area contributed by atoms with E-state index in [-0.39, 0.29) is 0 Å². The van der Waals surface area contributed by atoms with Crippen LogP contribution in [-0.2, 0) is 13.6 Å². The summed E-state index contributed by atoms with van der Waals surface area (Å²) >= 11 is 0. The Kier molecular flexibility index (Phi) is 6.71. The molecule has 0 N–H and O–H groups in total. The maximum Gasteiger partial charge on any atom is 0.342 e. The minimum atomic E-state index is -3.41. The van der Waals surface area contributed by atoms with Gasteiger partial charge in [-0.2, -0.15) is 0 Å². The van der Waals surface area contributed by atoms with Crippen LogP contribution >= 0.6 is 7.60 Å². The van der Waals surface area contributed by atoms with E-state index in [1.807, 2.05) is 88.4 Å². The molecule has 5 heteroatoms. The van der Waals surface area contributed by atoms with E-state index in [0.29, 0.717) is 18.9 Å². The summed E-state index contributed by atoms with van der Waals surface area (Å²) in [5.41, 5.74) is 2.38. The lowest BCUT2D eigenvalue weighted by Crippen LogP contribution is -2.34. The van der Waals surface area contributed by atoms with Gasteiger partial charge in [-0.15, -0.1) is 0 Å². The zero-order valence-corrected chi connectivity index (χ0v) is 16.2. The van der Waals surface area contributed by atoms with E-state index in [2.05, 4.69) is 0 Å². The number of benzene rings is 2. The van der Waals surface area contributed by atoms with Gasteiger partial charge >= 0.3 is 7.60 Å². The van der Waals surface area contributed by atoms with Crippen molar-refractivity contribution in [1.29, 1.82) is 0 Å². The van der Waals surface area contributed by atoms with E-state index in [1.165, 1.54) is 0 Å². The van der Waals surface area contributed by atoms with Crippen LogP contribution in [0.25, 0.3) is 0 Å². The summed E-state index contributed by atoms with van der Waals surface area (Å²) in [6.45, 7) is 8.00. The summed E-state index contributed by atoms with van der Waals surface area (Å²) in [6, 6.07) is 19.4. The number of hydrogen-bond donors (Lipinski definition) is 0. The van der Waals surface area contributed by atoms with Crippen molar-refractivity contribution in [2.45, 2.75) is 32.9 Å². The van der Waals surface area contributed by atoms with Gasteiger partial charge < -0.3 is 9.05 Å². The molecule has 0 amide bonds. The Morgan fingerprint density at radius 2 is 1.40 bits per heavy atom. The molecule has 0 aromatic heterocycles. The van der Waals surface area contributed by atoms with Gasteiger partial charge in [0.05, 0.1) is 24.6 Å². The molecule has 0 bridgehead atoms. The molecular formula is C20H26NO3P. The number of rotatable bonds is 8. The summed E-state index contributed by atoms with van der Waals surface area (Å²) < 4.78 is 24.8. The molecule has 0 aliphatic rings. The third-order valence-electron chi connectivity index (χ3n) is 3.91. The van der Waals surface area contributed by atoms with E-state index in [0.717, 1.165) is 11.3 Å². The fourth-order valence-electron chi connectivity index (χ4n) is 2.61. The van der Waals surface area contributed by atoms with Gasteiger partial charge in [0.15, 0.2) is 0 Å². The van der Waals surface area contributed by atoms with Gasteiger partial charge in [0.2, 0.25) is 0 Å². The lowest BCUT2D eigenvalue weighted by atomic mass is 9.99. The van der Waals surface area contributed by atoms with Gasteiger partial charge in [0.1, 0.15) is 5.16 Å². The molecule has 4 nitrogen and oxygen atoms in total. The Labute approximate surface area is 150 Å². The molecule has 2 aromatic carbocycles. The van der Waals surface area contributed by atoms with Crippen molar-refractivity contribution >= 4 is 19.0 Å². The summed E-state index contributed by atoms with van der Waals surface area (Å²) in [4.78, 5) is 4.82. The van der Waals surface area contributed by atoms with E-state index >= 15 is 0 Å². The first-order valence-corrected chi connectivity index (χ1v) is 10.1. The third kappa shape index (κ3) is 4.46. The molecule has 2 rings (SSSR count). The van der Waals surface area contributed by atoms with Crippen LogP contribution in [0, 0.1) is 0 Å². The quantitative estimate of drug-likeness (QED) is 0.439. The minimum absolute atomic E-state index is 0.314. The zero-order chi connectivity index (χ0) is 18.3. The van der Waals surface area contributed by atoms with Crippen molar-refractivity contribution in [3.8, 4) is 0 Å². The van der Waals surface area contributed by atoms with Gasteiger partial charge in [-0.05, 0) is 45.4 Å². The van der Waals surface area contributed by atoms with E-state index in [9.17, 15) is 4.57 Å². The highest BCUT2D eigenvalue weighted by Gasteiger charge is 2.47. The highest BCUT2D eigenvalue weighted by Crippen LogP contribution is 2.61. The maximum atomic E-state index is 13.5. The van der Waals surface area contributed by atoms with Crippen molar-refractivity contribution in [3.05, 3.63) is 66.2 Å². The summed E-state index contributed by atoms with van der Waals surface area (Å²) in [5.74, 6) is 0. The van der Waals surface area contributed by atoms with Crippen LogP contribution in [0.2, 0.25) is 0 Å². The predicted octanol–water partition coefficient (Wildman–Crippen LogP) is 5.85. The van der Waals surface area contributed by atoms with Crippen LogP contribution < -0.4 is 0 Å². The highest BCUT2D eigenvalue weighted by molar-refractivity contribution is 7.56. The number of aliphatic imine (C=N–C) groups is 1. The molecule has 25 heavy (non-hydrogen) atoms. The molecule has 0 spiro atoms. The van der Waals surface area contributed by atoms with Gasteiger partial charge in [-0.25, -0.2) is 0 Å². The van der Waals surface area contributed by atoms with Crippen molar-refractivity contribution in [3.63, 3.8) is 0 Å². The summed E-state index contributed by atoms with van der Waals surface area (Å²) in [6.07, 6.45) is 0. The summed E-state index contributed by atoms with van der Waals surface area (Å²) in [7, 11) is -3.41. The first-order valence-electron chi connectivity index (χ1n) is 8.53. The first-order chi connectivity index (χ1) is 11.9. The summed E-state index contributed by atoms with van der Waals surface area (Å²) in [5, 5.41) is -0.907. The second-order valence-electron chi connectivity index (χ2n) is 6.05. The van der Waals surface area contributed by atoms with Crippen molar-refractivity contribution in [2.24, 2.45) is 4.99 Å². The van der Waals surface area contributed by atoms with Crippen LogP contribution in [-0.4, -0.2) is 24.1 Å². The Morgan fingerprint density at radius 1 is 0.920 bits per heavy atom. The predicted molar refractivity (Wildman–Crippen MR) is 104 cm³/mol. The van der Waals surface area contributed by atoms with Crippen LogP contribution in [0.1, 0.15) is 33.3 Å². The minimum Gasteiger partial charge on any atom is -0.308 e. The Bertz CT molecular complexity index is 732. The number of hydrogen-bond acceptors (Lipinski definition) is 4. The Balaban J connectivity index is 2.62. The second kappa shape index (κ2) is 8.57. The number of nitrogens with zero attached hydrogens (tertiary/aromatic N) is 1. The molecule has 134 valence electrons. The monoisotopic (exact) mass is 359 g/mol. The van der Waals surface area contributed by atoms with Gasteiger partial charge in [0, 0.05) is 0 Å². The van der Waals surface area contributed by atoms with Gasteiger partial charge in [-0.3, -0.25) is 9.56 Å². The average Bonchev–Trinajstić information content (AvgIpc) is 2.61. The third-order valence-corrected chi connectivity index (χ3v) is 6.68. The lowest BCUT2D eigenvalue weighted by Gasteiger charge is -2.34. The lowest BCUT2D eigenvalue weighted by molar-refractivity contribution is 0.209. The molecule has 0 aliphatic heterocycles. The molecule has 0 fully saturated rings. The Hall–Kier alpha value is -1.74. The van der Waals surface area contributed by atoms with Crippen molar-refractivity contribution in [1.82, 2.24) is 0 Å². The highest BCUT2D eigenvalue weighted by atomic mass is 31.2. The molecule has 0 saturated carbocycles. The molecular weight excluding hydrogens is 333 g/mol. The average molecular weight is 359 g/mol. The van der Waals surface area contributed by atoms with Crippen molar-refractivity contribution < 1.29 is 13.6 Å². The van der Waals surface area contributed by atoms with E-state index in [4.69, 9.17) is 14.0 Å². The van der Waals surface area contributed by atoms with Gasteiger partial charge in [0.25, 0.3) is 0 Å². The smallest absolute Gasteiger partial charge is 0.308 e. The SMILES string of the molecule is CCOP(=O)(OCC)C(C)(C)C(=Nc1ccccc1)c1ccccc1. The molecule has 2 aromatic rings. The largest absolute Gasteiger partial charge is 0.342 e. The fraction of sp³-hybridized carbons (Fsp3) is 0.350. The van der Waals surface area contributed by atoms with Crippen LogP contribution in [0.4, 0.5) is 5.69 Å². The molecule has 0 aliphatic carbocycles. The second-order valence-corrected chi connectivity index (χ2v) is 8.68. The van der Waals surface area contributed by atoms with Crippen LogP contribution in [0.15, 0.2) is 65.7 Å².